The molecule has 2 rings (SSSR count). The average molecular weight is 327 g/mol. The molecule has 0 aliphatic carbocycles. The molecular formula is C18H21N3O3. The molecule has 24 heavy (non-hydrogen) atoms. The van der Waals surface area contributed by atoms with Gasteiger partial charge < -0.3 is 10.0 Å². The molecule has 0 aliphatic heterocycles. The maximum absolute atomic E-state index is 10.8. The van der Waals surface area contributed by atoms with E-state index in [1.54, 1.807) is 0 Å². The second-order valence-electron chi connectivity index (χ2n) is 5.40. The quantitative estimate of drug-likeness (QED) is 0.490. The molecule has 0 aliphatic rings. The molecule has 0 saturated heterocycles. The third kappa shape index (κ3) is 3.90. The largest absolute Gasteiger partial charge is 0.507 e. The Morgan fingerprint density at radius 2 is 1.92 bits per heavy atom. The van der Waals surface area contributed by atoms with Crippen LogP contribution in [-0.4, -0.2) is 29.3 Å². The van der Waals surface area contributed by atoms with E-state index >= 15 is 0 Å². The first-order valence-corrected chi connectivity index (χ1v) is 7.83. The van der Waals surface area contributed by atoms with Crippen molar-refractivity contribution in [3.63, 3.8) is 0 Å². The molecule has 0 atom stereocenters. The standard InChI is InChI=1S/C18H21N3O3/c1-4-20(5-2)15-6-8-17(13(3)10-15)19-12-14-11-16(21(23)24)7-9-18(14)22/h6-12,22H,4-5H2,1-3H3. The molecular weight excluding hydrogens is 306 g/mol. The summed E-state index contributed by atoms with van der Waals surface area (Å²) in [5.74, 6) is -0.0400. The van der Waals surface area contributed by atoms with E-state index in [1.165, 1.54) is 24.4 Å². The number of aliphatic imine (C=N–C) groups is 1. The number of aryl methyl sites for hydroxylation is 1. The Kier molecular flexibility index (Phi) is 5.52. The number of nitrogens with zero attached hydrogens (tertiary/aromatic N) is 3. The lowest BCUT2D eigenvalue weighted by molar-refractivity contribution is -0.384. The number of non-ortho nitro benzene ring substituents is 1. The second-order valence-corrected chi connectivity index (χ2v) is 5.40. The number of rotatable bonds is 6. The topological polar surface area (TPSA) is 79.0 Å². The molecule has 2 aromatic carbocycles. The Bertz CT molecular complexity index is 768. The van der Waals surface area contributed by atoms with E-state index in [0.717, 1.165) is 30.0 Å². The summed E-state index contributed by atoms with van der Waals surface area (Å²) in [5, 5.41) is 20.7. The van der Waals surface area contributed by atoms with E-state index in [2.05, 4.69) is 29.8 Å². The third-order valence-electron chi connectivity index (χ3n) is 3.87. The van der Waals surface area contributed by atoms with Crippen molar-refractivity contribution in [2.24, 2.45) is 4.99 Å². The fourth-order valence-corrected chi connectivity index (χ4v) is 2.47. The zero-order valence-electron chi connectivity index (χ0n) is 14.1. The molecule has 0 saturated carbocycles. The highest BCUT2D eigenvalue weighted by Crippen LogP contribution is 2.26. The van der Waals surface area contributed by atoms with Crippen LogP contribution in [0.3, 0.4) is 0 Å². The molecule has 2 aromatic rings. The lowest BCUT2D eigenvalue weighted by Crippen LogP contribution is -2.21. The number of nitro groups is 1. The summed E-state index contributed by atoms with van der Waals surface area (Å²) >= 11 is 0. The van der Waals surface area contributed by atoms with Gasteiger partial charge in [-0.15, -0.1) is 0 Å². The maximum Gasteiger partial charge on any atom is 0.270 e. The van der Waals surface area contributed by atoms with Gasteiger partial charge in [0.1, 0.15) is 5.75 Å². The van der Waals surface area contributed by atoms with Crippen molar-refractivity contribution in [3.05, 3.63) is 57.6 Å². The van der Waals surface area contributed by atoms with Crippen LogP contribution in [0, 0.1) is 17.0 Å². The number of benzene rings is 2. The predicted octanol–water partition coefficient (Wildman–Crippen LogP) is 4.21. The highest BCUT2D eigenvalue weighted by molar-refractivity contribution is 5.86. The van der Waals surface area contributed by atoms with Crippen molar-refractivity contribution < 1.29 is 10.0 Å². The van der Waals surface area contributed by atoms with E-state index in [0.29, 0.717) is 5.56 Å². The number of hydrogen-bond donors (Lipinski definition) is 1. The number of phenols is 1. The molecule has 0 heterocycles. The van der Waals surface area contributed by atoms with E-state index in [9.17, 15) is 15.2 Å². The minimum absolute atomic E-state index is 0.0400. The molecule has 6 heteroatoms. The van der Waals surface area contributed by atoms with Crippen molar-refractivity contribution in [1.29, 1.82) is 0 Å². The lowest BCUT2D eigenvalue weighted by Gasteiger charge is -2.21. The summed E-state index contributed by atoms with van der Waals surface area (Å²) in [6, 6.07) is 9.84. The van der Waals surface area contributed by atoms with Gasteiger partial charge in [-0.2, -0.15) is 0 Å². The summed E-state index contributed by atoms with van der Waals surface area (Å²) < 4.78 is 0. The van der Waals surface area contributed by atoms with E-state index in [1.807, 2.05) is 19.1 Å². The summed E-state index contributed by atoms with van der Waals surface area (Å²) in [7, 11) is 0. The zero-order valence-corrected chi connectivity index (χ0v) is 14.1. The van der Waals surface area contributed by atoms with Crippen LogP contribution in [0.5, 0.6) is 5.75 Å². The predicted molar refractivity (Wildman–Crippen MR) is 96.8 cm³/mol. The minimum atomic E-state index is -0.499. The van der Waals surface area contributed by atoms with E-state index in [-0.39, 0.29) is 11.4 Å². The Labute approximate surface area is 141 Å². The molecule has 0 amide bonds. The van der Waals surface area contributed by atoms with Crippen molar-refractivity contribution in [2.45, 2.75) is 20.8 Å². The van der Waals surface area contributed by atoms with Gasteiger partial charge in [-0.05, 0) is 50.6 Å². The van der Waals surface area contributed by atoms with Gasteiger partial charge in [0, 0.05) is 42.7 Å². The van der Waals surface area contributed by atoms with Crippen molar-refractivity contribution >= 4 is 23.3 Å². The van der Waals surface area contributed by atoms with Crippen LogP contribution in [0.4, 0.5) is 17.1 Å². The van der Waals surface area contributed by atoms with Crippen molar-refractivity contribution in [1.82, 2.24) is 0 Å². The smallest absolute Gasteiger partial charge is 0.270 e. The highest BCUT2D eigenvalue weighted by Gasteiger charge is 2.09. The highest BCUT2D eigenvalue weighted by atomic mass is 16.6. The molecule has 0 fully saturated rings. The van der Waals surface area contributed by atoms with Gasteiger partial charge in [-0.25, -0.2) is 0 Å². The second kappa shape index (κ2) is 7.59. The molecule has 0 aromatic heterocycles. The van der Waals surface area contributed by atoms with Gasteiger partial charge in [0.25, 0.3) is 5.69 Å². The first kappa shape index (κ1) is 17.5. The molecule has 0 spiro atoms. The molecule has 1 N–H and O–H groups in total. The first-order valence-electron chi connectivity index (χ1n) is 7.83. The van der Waals surface area contributed by atoms with Gasteiger partial charge >= 0.3 is 0 Å². The van der Waals surface area contributed by atoms with Gasteiger partial charge in [-0.3, -0.25) is 15.1 Å². The molecule has 0 radical (unpaired) electrons. The van der Waals surface area contributed by atoms with Gasteiger partial charge in [0.15, 0.2) is 0 Å². The number of nitro benzene ring substituents is 1. The Morgan fingerprint density at radius 1 is 1.21 bits per heavy atom. The van der Waals surface area contributed by atoms with Gasteiger partial charge in [0.05, 0.1) is 10.6 Å². The van der Waals surface area contributed by atoms with Crippen LogP contribution in [0.1, 0.15) is 25.0 Å². The summed E-state index contributed by atoms with van der Waals surface area (Å²) in [6.45, 7) is 8.04. The number of aromatic hydroxyl groups is 1. The Balaban J connectivity index is 2.29. The van der Waals surface area contributed by atoms with Crippen molar-refractivity contribution in [2.75, 3.05) is 18.0 Å². The molecule has 6 nitrogen and oxygen atoms in total. The monoisotopic (exact) mass is 327 g/mol. The normalized spacial score (nSPS) is 11.0. The average Bonchev–Trinajstić information content (AvgIpc) is 2.56. The van der Waals surface area contributed by atoms with Crippen LogP contribution >= 0.6 is 0 Å². The number of hydrogen-bond acceptors (Lipinski definition) is 5. The fourth-order valence-electron chi connectivity index (χ4n) is 2.47. The van der Waals surface area contributed by atoms with E-state index < -0.39 is 4.92 Å². The van der Waals surface area contributed by atoms with Crippen LogP contribution < -0.4 is 4.90 Å². The fraction of sp³-hybridized carbons (Fsp3) is 0.278. The SMILES string of the molecule is CCN(CC)c1ccc(N=Cc2cc([N+](=O)[O-])ccc2O)c(C)c1. The van der Waals surface area contributed by atoms with Crippen LogP contribution in [0.15, 0.2) is 41.4 Å². The maximum atomic E-state index is 10.8. The van der Waals surface area contributed by atoms with Crippen LogP contribution in [0.25, 0.3) is 0 Å². The molecule has 0 bridgehead atoms. The lowest BCUT2D eigenvalue weighted by atomic mass is 10.1. The summed E-state index contributed by atoms with van der Waals surface area (Å²) in [5.41, 5.74) is 3.13. The minimum Gasteiger partial charge on any atom is -0.507 e. The van der Waals surface area contributed by atoms with Crippen molar-refractivity contribution in [3.8, 4) is 5.75 Å². The first-order chi connectivity index (χ1) is 11.5. The number of phenolic OH excluding ortho intramolecular Hbond substituents is 1. The Hall–Kier alpha value is -2.89. The summed E-state index contributed by atoms with van der Waals surface area (Å²) in [6.07, 6.45) is 1.45. The van der Waals surface area contributed by atoms with Gasteiger partial charge in [0.2, 0.25) is 0 Å². The number of anilines is 1. The zero-order chi connectivity index (χ0) is 17.7. The molecule has 126 valence electrons. The molecule has 0 unspecified atom stereocenters. The van der Waals surface area contributed by atoms with Gasteiger partial charge in [-0.1, -0.05) is 0 Å². The summed E-state index contributed by atoms with van der Waals surface area (Å²) in [4.78, 5) is 16.9. The Morgan fingerprint density at radius 3 is 2.50 bits per heavy atom. The van der Waals surface area contributed by atoms with Crippen LogP contribution in [0.2, 0.25) is 0 Å². The third-order valence-corrected chi connectivity index (χ3v) is 3.87. The van der Waals surface area contributed by atoms with E-state index in [4.69, 9.17) is 0 Å². The van der Waals surface area contributed by atoms with Crippen LogP contribution in [-0.2, 0) is 0 Å².